The zero-order chi connectivity index (χ0) is 15.7. The van der Waals surface area contributed by atoms with Crippen molar-refractivity contribution in [2.45, 2.75) is 30.7 Å². The molecule has 1 aliphatic carbocycles. The minimum absolute atomic E-state index is 0.132. The predicted octanol–water partition coefficient (Wildman–Crippen LogP) is 2.83. The van der Waals surface area contributed by atoms with E-state index in [1.807, 2.05) is 25.1 Å². The second-order valence-corrected chi connectivity index (χ2v) is 7.27. The maximum absolute atomic E-state index is 12.5. The fraction of sp³-hybridized carbons (Fsp3) is 0.235. The van der Waals surface area contributed by atoms with Crippen LogP contribution in [0.3, 0.4) is 0 Å². The van der Waals surface area contributed by atoms with Crippen LogP contribution in [0.25, 0.3) is 0 Å². The van der Waals surface area contributed by atoms with Crippen LogP contribution in [0.15, 0.2) is 47.4 Å². The molecule has 0 aromatic heterocycles. The fourth-order valence-electron chi connectivity index (χ4n) is 2.86. The van der Waals surface area contributed by atoms with Gasteiger partial charge >= 0.3 is 0 Å². The third-order valence-electron chi connectivity index (χ3n) is 3.95. The Balaban J connectivity index is 1.89. The lowest BCUT2D eigenvalue weighted by atomic mass is 10.1. The molecule has 112 valence electrons. The number of hydrogen-bond acceptors (Lipinski definition) is 3. The first-order chi connectivity index (χ1) is 10.5. The topological polar surface area (TPSA) is 70.0 Å². The molecule has 2 aromatic carbocycles. The molecule has 1 N–H and O–H groups in total. The van der Waals surface area contributed by atoms with Crippen molar-refractivity contribution in [3.05, 3.63) is 64.7 Å². The molecule has 0 amide bonds. The number of nitrogens with one attached hydrogen (secondary N) is 1. The highest BCUT2D eigenvalue weighted by atomic mass is 32.2. The number of benzene rings is 2. The van der Waals surface area contributed by atoms with Gasteiger partial charge in [0.15, 0.2) is 0 Å². The van der Waals surface area contributed by atoms with E-state index in [0.29, 0.717) is 5.56 Å². The van der Waals surface area contributed by atoms with Crippen molar-refractivity contribution >= 4 is 10.0 Å². The number of hydrogen-bond donors (Lipinski definition) is 1. The summed E-state index contributed by atoms with van der Waals surface area (Å²) < 4.78 is 27.8. The van der Waals surface area contributed by atoms with E-state index >= 15 is 0 Å². The van der Waals surface area contributed by atoms with Crippen molar-refractivity contribution in [1.82, 2.24) is 4.72 Å². The van der Waals surface area contributed by atoms with E-state index in [0.717, 1.165) is 18.4 Å². The highest BCUT2D eigenvalue weighted by Crippen LogP contribution is 2.32. The van der Waals surface area contributed by atoms with Crippen LogP contribution in [0.1, 0.15) is 34.7 Å². The monoisotopic (exact) mass is 312 g/mol. The van der Waals surface area contributed by atoms with Gasteiger partial charge in [-0.05, 0) is 49.1 Å². The minimum Gasteiger partial charge on any atom is -0.207 e. The van der Waals surface area contributed by atoms with Crippen LogP contribution in [-0.2, 0) is 16.4 Å². The van der Waals surface area contributed by atoms with Crippen LogP contribution in [0.2, 0.25) is 0 Å². The molecular weight excluding hydrogens is 296 g/mol. The summed E-state index contributed by atoms with van der Waals surface area (Å²) in [5, 5.41) is 8.90. The van der Waals surface area contributed by atoms with E-state index in [1.165, 1.54) is 23.3 Å². The maximum atomic E-state index is 12.5. The fourth-order valence-corrected chi connectivity index (χ4v) is 4.15. The molecule has 0 saturated carbocycles. The summed E-state index contributed by atoms with van der Waals surface area (Å²) in [5.41, 5.74) is 3.78. The smallest absolute Gasteiger partial charge is 0.207 e. The second-order valence-electron chi connectivity index (χ2n) is 5.55. The molecular formula is C17H16N2O2S. The number of aryl methyl sites for hydroxylation is 2. The van der Waals surface area contributed by atoms with E-state index in [4.69, 9.17) is 5.26 Å². The Labute approximate surface area is 130 Å². The van der Waals surface area contributed by atoms with E-state index in [-0.39, 0.29) is 10.9 Å². The molecule has 22 heavy (non-hydrogen) atoms. The Morgan fingerprint density at radius 2 is 2.05 bits per heavy atom. The van der Waals surface area contributed by atoms with Gasteiger partial charge in [-0.1, -0.05) is 29.8 Å². The van der Waals surface area contributed by atoms with E-state index in [9.17, 15) is 8.42 Å². The molecule has 0 heterocycles. The van der Waals surface area contributed by atoms with E-state index < -0.39 is 10.0 Å². The van der Waals surface area contributed by atoms with Gasteiger partial charge in [0.1, 0.15) is 0 Å². The van der Waals surface area contributed by atoms with Crippen molar-refractivity contribution in [2.24, 2.45) is 0 Å². The first-order valence-electron chi connectivity index (χ1n) is 7.11. The number of fused-ring (bicyclic) bond motifs is 1. The Hall–Kier alpha value is -2.16. The first-order valence-corrected chi connectivity index (χ1v) is 8.60. The average molecular weight is 312 g/mol. The summed E-state index contributed by atoms with van der Waals surface area (Å²) in [7, 11) is -3.63. The number of nitrogens with zero attached hydrogens (tertiary/aromatic N) is 1. The number of sulfonamides is 1. The normalized spacial score (nSPS) is 17.0. The van der Waals surface area contributed by atoms with Crippen LogP contribution in [-0.4, -0.2) is 8.42 Å². The van der Waals surface area contributed by atoms with Crippen LogP contribution in [0, 0.1) is 18.3 Å². The lowest BCUT2D eigenvalue weighted by Crippen LogP contribution is -2.27. The summed E-state index contributed by atoms with van der Waals surface area (Å²) in [6, 6.07) is 13.9. The highest BCUT2D eigenvalue weighted by Gasteiger charge is 2.27. The Morgan fingerprint density at radius 1 is 1.23 bits per heavy atom. The third kappa shape index (κ3) is 2.76. The van der Waals surface area contributed by atoms with Crippen LogP contribution in [0.4, 0.5) is 0 Å². The Bertz CT molecular complexity index is 866. The van der Waals surface area contributed by atoms with E-state index in [2.05, 4.69) is 10.8 Å². The van der Waals surface area contributed by atoms with E-state index in [1.54, 1.807) is 12.1 Å². The van der Waals surface area contributed by atoms with Crippen molar-refractivity contribution in [2.75, 3.05) is 0 Å². The number of nitriles is 1. The molecule has 0 saturated heterocycles. The molecule has 2 aromatic rings. The lowest BCUT2D eigenvalue weighted by molar-refractivity contribution is 0.554. The minimum atomic E-state index is -3.63. The molecule has 5 heteroatoms. The Kier molecular flexibility index (Phi) is 3.73. The number of rotatable bonds is 3. The molecule has 0 fully saturated rings. The molecule has 1 atom stereocenters. The molecule has 0 bridgehead atoms. The molecule has 0 spiro atoms. The molecule has 4 nitrogen and oxygen atoms in total. The highest BCUT2D eigenvalue weighted by molar-refractivity contribution is 7.89. The zero-order valence-corrected chi connectivity index (χ0v) is 13.0. The SMILES string of the molecule is Cc1ccc2c(c1)CCC2NS(=O)(=O)c1cccc(C#N)c1. The summed E-state index contributed by atoms with van der Waals surface area (Å²) in [4.78, 5) is 0.132. The van der Waals surface area contributed by atoms with Gasteiger partial charge in [-0.15, -0.1) is 0 Å². The second kappa shape index (κ2) is 5.56. The quantitative estimate of drug-likeness (QED) is 0.947. The van der Waals surface area contributed by atoms with Gasteiger partial charge in [0.05, 0.1) is 16.5 Å². The maximum Gasteiger partial charge on any atom is 0.241 e. The molecule has 0 radical (unpaired) electrons. The van der Waals surface area contributed by atoms with Gasteiger partial charge in [0.25, 0.3) is 0 Å². The summed E-state index contributed by atoms with van der Waals surface area (Å²) in [6.45, 7) is 2.03. The molecule has 0 aliphatic heterocycles. The van der Waals surface area contributed by atoms with Crippen LogP contribution < -0.4 is 4.72 Å². The molecule has 3 rings (SSSR count). The summed E-state index contributed by atoms with van der Waals surface area (Å²) in [5.74, 6) is 0. The van der Waals surface area contributed by atoms with Gasteiger partial charge in [0, 0.05) is 6.04 Å². The van der Waals surface area contributed by atoms with Crippen molar-refractivity contribution in [1.29, 1.82) is 5.26 Å². The van der Waals surface area contributed by atoms with Gasteiger partial charge in [0.2, 0.25) is 10.0 Å². The average Bonchev–Trinajstić information content (AvgIpc) is 2.89. The first kappa shape index (κ1) is 14.8. The standard InChI is InChI=1S/C17H16N2O2S/c1-12-5-7-16-14(9-12)6-8-17(16)19-22(20,21)15-4-2-3-13(10-15)11-18/h2-5,7,9-10,17,19H,6,8H2,1H3. The van der Waals surface area contributed by atoms with Crippen molar-refractivity contribution in [3.8, 4) is 6.07 Å². The van der Waals surface area contributed by atoms with Gasteiger partial charge < -0.3 is 0 Å². The molecule has 1 unspecified atom stereocenters. The van der Waals surface area contributed by atoms with Gasteiger partial charge in [-0.2, -0.15) is 5.26 Å². The zero-order valence-electron chi connectivity index (χ0n) is 12.2. The van der Waals surface area contributed by atoms with Gasteiger partial charge in [-0.25, -0.2) is 13.1 Å². The summed E-state index contributed by atoms with van der Waals surface area (Å²) >= 11 is 0. The van der Waals surface area contributed by atoms with Crippen molar-refractivity contribution in [3.63, 3.8) is 0 Å². The summed E-state index contributed by atoms with van der Waals surface area (Å²) in [6.07, 6.45) is 1.64. The van der Waals surface area contributed by atoms with Crippen LogP contribution >= 0.6 is 0 Å². The lowest BCUT2D eigenvalue weighted by Gasteiger charge is -2.15. The van der Waals surface area contributed by atoms with Crippen molar-refractivity contribution < 1.29 is 8.42 Å². The Morgan fingerprint density at radius 3 is 2.82 bits per heavy atom. The molecule has 1 aliphatic rings. The van der Waals surface area contributed by atoms with Gasteiger partial charge in [-0.3, -0.25) is 0 Å². The largest absolute Gasteiger partial charge is 0.241 e. The third-order valence-corrected chi connectivity index (χ3v) is 5.42. The predicted molar refractivity (Wildman–Crippen MR) is 83.7 cm³/mol. The van der Waals surface area contributed by atoms with Crippen LogP contribution in [0.5, 0.6) is 0 Å².